The van der Waals surface area contributed by atoms with Gasteiger partial charge in [-0.25, -0.2) is 8.42 Å². The second-order valence-electron chi connectivity index (χ2n) is 9.19. The number of nitrogens with zero attached hydrogens (tertiary/aromatic N) is 2. The highest BCUT2D eigenvalue weighted by Gasteiger charge is 2.32. The van der Waals surface area contributed by atoms with Crippen molar-refractivity contribution in [3.63, 3.8) is 0 Å². The third-order valence-electron chi connectivity index (χ3n) is 6.24. The predicted octanol–water partition coefficient (Wildman–Crippen LogP) is 4.24. The fraction of sp³-hybridized carbons (Fsp3) is 0.542. The van der Waals surface area contributed by atoms with Gasteiger partial charge in [0.2, 0.25) is 10.0 Å². The minimum absolute atomic E-state index is 0.0571. The van der Waals surface area contributed by atoms with Crippen molar-refractivity contribution in [2.75, 3.05) is 26.2 Å². The molecule has 2 aromatic rings. The van der Waals surface area contributed by atoms with Crippen molar-refractivity contribution >= 4 is 27.3 Å². The number of piperidine rings is 1. The van der Waals surface area contributed by atoms with E-state index in [4.69, 9.17) is 4.74 Å². The lowest BCUT2D eigenvalue weighted by Gasteiger charge is -2.34. The molecule has 2 fully saturated rings. The normalized spacial score (nSPS) is 24.5. The van der Waals surface area contributed by atoms with Crippen LogP contribution in [-0.4, -0.2) is 55.9 Å². The minimum atomic E-state index is -3.56. The molecule has 8 heteroatoms. The van der Waals surface area contributed by atoms with Crippen LogP contribution in [0.3, 0.4) is 0 Å². The van der Waals surface area contributed by atoms with E-state index in [2.05, 4.69) is 13.8 Å². The SMILES string of the molecule is CC1CC(C)CN(S(=O)(=O)c2ccc(C(=O)N(Cc3cccs3)CC3CCCO3)cc2)C1. The zero-order chi connectivity index (χ0) is 22.7. The molecule has 1 aromatic heterocycles. The number of sulfonamides is 1. The van der Waals surface area contributed by atoms with Crippen LogP contribution in [0.5, 0.6) is 0 Å². The van der Waals surface area contributed by atoms with Crippen LogP contribution >= 0.6 is 11.3 Å². The van der Waals surface area contributed by atoms with Crippen molar-refractivity contribution in [2.24, 2.45) is 11.8 Å². The Labute approximate surface area is 195 Å². The second-order valence-corrected chi connectivity index (χ2v) is 12.2. The van der Waals surface area contributed by atoms with Crippen LogP contribution in [0.1, 0.15) is 48.3 Å². The summed E-state index contributed by atoms with van der Waals surface area (Å²) in [6.45, 7) is 7.09. The van der Waals surface area contributed by atoms with Crippen molar-refractivity contribution in [3.05, 3.63) is 52.2 Å². The monoisotopic (exact) mass is 476 g/mol. The van der Waals surface area contributed by atoms with E-state index in [0.717, 1.165) is 30.7 Å². The number of amides is 1. The molecule has 0 radical (unpaired) electrons. The van der Waals surface area contributed by atoms with Gasteiger partial charge in [-0.3, -0.25) is 4.79 Å². The van der Waals surface area contributed by atoms with Gasteiger partial charge in [0.15, 0.2) is 0 Å². The summed E-state index contributed by atoms with van der Waals surface area (Å²) in [5, 5.41) is 2.01. The molecule has 6 nitrogen and oxygen atoms in total. The summed E-state index contributed by atoms with van der Waals surface area (Å²) < 4.78 is 33.6. The van der Waals surface area contributed by atoms with Crippen LogP contribution in [-0.2, 0) is 21.3 Å². The smallest absolute Gasteiger partial charge is 0.254 e. The number of carbonyl (C=O) groups excluding carboxylic acids is 1. The lowest BCUT2D eigenvalue weighted by Crippen LogP contribution is -2.42. The summed E-state index contributed by atoms with van der Waals surface area (Å²) in [5.41, 5.74) is 0.499. The van der Waals surface area contributed by atoms with E-state index in [-0.39, 0.29) is 16.9 Å². The quantitative estimate of drug-likeness (QED) is 0.600. The molecule has 0 aliphatic carbocycles. The van der Waals surface area contributed by atoms with Gasteiger partial charge in [-0.2, -0.15) is 4.31 Å². The van der Waals surface area contributed by atoms with Gasteiger partial charge < -0.3 is 9.64 Å². The summed E-state index contributed by atoms with van der Waals surface area (Å²) in [4.78, 5) is 16.5. The number of hydrogen-bond acceptors (Lipinski definition) is 5. The first-order valence-corrected chi connectivity index (χ1v) is 13.7. The standard InChI is InChI=1S/C24H32N2O4S2/c1-18-13-19(2)15-26(14-18)32(28,29)23-9-7-20(8-10-23)24(27)25(16-21-5-3-11-30-21)17-22-6-4-12-31-22/h4,6-10,12,18-19,21H,3,5,11,13-17H2,1-2H3. The number of hydrogen-bond donors (Lipinski definition) is 0. The van der Waals surface area contributed by atoms with Crippen LogP contribution in [0.2, 0.25) is 0 Å². The van der Waals surface area contributed by atoms with E-state index in [1.165, 1.54) is 0 Å². The lowest BCUT2D eigenvalue weighted by molar-refractivity contribution is 0.0509. The van der Waals surface area contributed by atoms with Crippen molar-refractivity contribution < 1.29 is 17.9 Å². The van der Waals surface area contributed by atoms with Crippen molar-refractivity contribution in [3.8, 4) is 0 Å². The van der Waals surface area contributed by atoms with Gasteiger partial charge >= 0.3 is 0 Å². The van der Waals surface area contributed by atoms with Gasteiger partial charge in [0.1, 0.15) is 0 Å². The molecule has 1 amide bonds. The molecule has 0 bridgehead atoms. The van der Waals surface area contributed by atoms with Crippen molar-refractivity contribution in [2.45, 2.75) is 50.7 Å². The first-order valence-electron chi connectivity index (χ1n) is 11.4. The number of thiophene rings is 1. The average Bonchev–Trinajstić information content (AvgIpc) is 3.46. The van der Waals surface area contributed by atoms with E-state index >= 15 is 0 Å². The molecule has 0 spiro atoms. The summed E-state index contributed by atoms with van der Waals surface area (Å²) in [6.07, 6.45) is 3.08. The minimum Gasteiger partial charge on any atom is -0.376 e. The van der Waals surface area contributed by atoms with E-state index < -0.39 is 10.0 Å². The molecule has 3 heterocycles. The van der Waals surface area contributed by atoms with Crippen LogP contribution in [0, 0.1) is 11.8 Å². The molecule has 174 valence electrons. The van der Waals surface area contributed by atoms with Crippen LogP contribution < -0.4 is 0 Å². The molecule has 4 rings (SSSR count). The Bertz CT molecular complexity index is 989. The molecule has 2 aliphatic heterocycles. The molecule has 0 saturated carbocycles. The zero-order valence-corrected chi connectivity index (χ0v) is 20.4. The van der Waals surface area contributed by atoms with E-state index in [9.17, 15) is 13.2 Å². The predicted molar refractivity (Wildman–Crippen MR) is 126 cm³/mol. The highest BCUT2D eigenvalue weighted by atomic mass is 32.2. The van der Waals surface area contributed by atoms with Gasteiger partial charge in [0, 0.05) is 36.7 Å². The van der Waals surface area contributed by atoms with Gasteiger partial charge in [0.05, 0.1) is 17.5 Å². The van der Waals surface area contributed by atoms with Gasteiger partial charge in [0.25, 0.3) is 5.91 Å². The fourth-order valence-electron chi connectivity index (χ4n) is 4.75. The Balaban J connectivity index is 1.51. The number of ether oxygens (including phenoxy) is 1. The first-order chi connectivity index (χ1) is 15.3. The Kier molecular flexibility index (Phi) is 7.34. The second kappa shape index (κ2) is 10.0. The maximum absolute atomic E-state index is 13.3. The van der Waals surface area contributed by atoms with E-state index in [0.29, 0.717) is 43.6 Å². The van der Waals surface area contributed by atoms with E-state index in [1.54, 1.807) is 39.9 Å². The summed E-state index contributed by atoms with van der Waals surface area (Å²) in [7, 11) is -3.56. The highest BCUT2D eigenvalue weighted by molar-refractivity contribution is 7.89. The Morgan fingerprint density at radius 2 is 1.88 bits per heavy atom. The molecule has 0 N–H and O–H groups in total. The van der Waals surface area contributed by atoms with E-state index in [1.807, 2.05) is 22.4 Å². The molecular weight excluding hydrogens is 444 g/mol. The number of rotatable bonds is 7. The number of carbonyl (C=O) groups is 1. The highest BCUT2D eigenvalue weighted by Crippen LogP contribution is 2.27. The molecule has 3 atom stereocenters. The topological polar surface area (TPSA) is 66.9 Å². The lowest BCUT2D eigenvalue weighted by atomic mass is 9.94. The molecule has 3 unspecified atom stereocenters. The molecule has 1 aromatic carbocycles. The Morgan fingerprint density at radius 1 is 1.16 bits per heavy atom. The summed E-state index contributed by atoms with van der Waals surface area (Å²) >= 11 is 1.62. The van der Waals surface area contributed by atoms with Crippen molar-refractivity contribution in [1.29, 1.82) is 0 Å². The molecule has 2 saturated heterocycles. The summed E-state index contributed by atoms with van der Waals surface area (Å²) in [6, 6.07) is 10.4. The maximum atomic E-state index is 13.3. The molecular formula is C24H32N2O4S2. The Morgan fingerprint density at radius 3 is 2.47 bits per heavy atom. The van der Waals surface area contributed by atoms with Crippen LogP contribution in [0.4, 0.5) is 0 Å². The Hall–Kier alpha value is -1.74. The largest absolute Gasteiger partial charge is 0.376 e. The maximum Gasteiger partial charge on any atom is 0.254 e. The van der Waals surface area contributed by atoms with Crippen LogP contribution in [0.15, 0.2) is 46.7 Å². The fourth-order valence-corrected chi connectivity index (χ4v) is 7.15. The molecule has 32 heavy (non-hydrogen) atoms. The number of benzene rings is 1. The van der Waals surface area contributed by atoms with Crippen LogP contribution in [0.25, 0.3) is 0 Å². The zero-order valence-electron chi connectivity index (χ0n) is 18.8. The first kappa shape index (κ1) is 23.4. The van der Waals surface area contributed by atoms with Crippen molar-refractivity contribution in [1.82, 2.24) is 9.21 Å². The average molecular weight is 477 g/mol. The third-order valence-corrected chi connectivity index (χ3v) is 8.94. The van der Waals surface area contributed by atoms with Gasteiger partial charge in [-0.05, 0) is 66.8 Å². The van der Waals surface area contributed by atoms with Gasteiger partial charge in [-0.15, -0.1) is 11.3 Å². The molecule has 2 aliphatic rings. The third kappa shape index (κ3) is 5.42. The van der Waals surface area contributed by atoms with Gasteiger partial charge in [-0.1, -0.05) is 19.9 Å². The summed E-state index contributed by atoms with van der Waals surface area (Å²) in [5.74, 6) is 0.592.